The first-order valence-corrected chi connectivity index (χ1v) is 12.9. The Hall–Kier alpha value is -4.46. The third-order valence-corrected chi connectivity index (χ3v) is 6.53. The Bertz CT molecular complexity index is 1500. The molecule has 0 radical (unpaired) electrons. The molecule has 8 nitrogen and oxygen atoms in total. The highest BCUT2D eigenvalue weighted by Gasteiger charge is 2.28. The molecular formula is C30H30N4O4. The number of para-hydroxylation sites is 1. The molecule has 2 amide bonds. The number of aryl methyl sites for hydroxylation is 1. The van der Waals surface area contributed by atoms with Crippen molar-refractivity contribution in [2.24, 2.45) is 5.10 Å². The monoisotopic (exact) mass is 510 g/mol. The molecule has 2 heterocycles. The fraction of sp³-hybridized carbons (Fsp3) is 0.267. The van der Waals surface area contributed by atoms with Gasteiger partial charge in [-0.05, 0) is 62.6 Å². The third kappa shape index (κ3) is 5.44. The minimum atomic E-state index is -0.392. The number of ether oxygens (including phenoxy) is 1. The Morgan fingerprint density at radius 2 is 1.84 bits per heavy atom. The number of hydrogen-bond donors (Lipinski definition) is 2. The van der Waals surface area contributed by atoms with Gasteiger partial charge < -0.3 is 14.5 Å². The van der Waals surface area contributed by atoms with E-state index >= 15 is 0 Å². The molecule has 4 aromatic rings. The van der Waals surface area contributed by atoms with Crippen molar-refractivity contribution < 1.29 is 18.7 Å². The molecule has 0 fully saturated rings. The number of anilines is 1. The standard InChI is InChI=1S/C30H30N4O4/c1-3-4-18-37-22-15-13-21(14-16-22)31-30(36)28-19(2)27-24(10-7-11-26(27)38-28)33-34-29(35)25-17-12-20-8-5-6-9-23(20)32-25/h5-6,8-9,12-17H,3-4,7,10-11,18H2,1-2H3,(H,31,36)(H,34,35)/b33-24+. The lowest BCUT2D eigenvalue weighted by atomic mass is 9.93. The normalized spacial score (nSPS) is 13.8. The van der Waals surface area contributed by atoms with E-state index in [0.29, 0.717) is 42.2 Å². The molecule has 1 aliphatic carbocycles. The lowest BCUT2D eigenvalue weighted by Gasteiger charge is -2.13. The van der Waals surface area contributed by atoms with Gasteiger partial charge in [-0.1, -0.05) is 37.6 Å². The summed E-state index contributed by atoms with van der Waals surface area (Å²) in [7, 11) is 0. The van der Waals surface area contributed by atoms with E-state index in [1.807, 2.05) is 49.4 Å². The van der Waals surface area contributed by atoms with Gasteiger partial charge >= 0.3 is 0 Å². The lowest BCUT2D eigenvalue weighted by molar-refractivity contribution is 0.0949. The van der Waals surface area contributed by atoms with Crippen molar-refractivity contribution in [3.63, 3.8) is 0 Å². The van der Waals surface area contributed by atoms with Crippen LogP contribution in [0.2, 0.25) is 0 Å². The summed E-state index contributed by atoms with van der Waals surface area (Å²) in [6.45, 7) is 4.63. The van der Waals surface area contributed by atoms with Crippen LogP contribution < -0.4 is 15.5 Å². The summed E-state index contributed by atoms with van der Waals surface area (Å²) in [5.74, 6) is 0.991. The van der Waals surface area contributed by atoms with Crippen LogP contribution in [-0.4, -0.2) is 29.1 Å². The van der Waals surface area contributed by atoms with Gasteiger partial charge in [0.15, 0.2) is 5.76 Å². The van der Waals surface area contributed by atoms with E-state index in [1.165, 1.54) is 0 Å². The Morgan fingerprint density at radius 1 is 1.03 bits per heavy atom. The van der Waals surface area contributed by atoms with Crippen molar-refractivity contribution in [2.75, 3.05) is 11.9 Å². The predicted molar refractivity (Wildman–Crippen MR) is 147 cm³/mol. The summed E-state index contributed by atoms with van der Waals surface area (Å²) in [5, 5.41) is 8.27. The Kier molecular flexibility index (Phi) is 7.49. The molecule has 0 spiro atoms. The van der Waals surface area contributed by atoms with E-state index in [9.17, 15) is 9.59 Å². The van der Waals surface area contributed by atoms with Crippen LogP contribution in [0, 0.1) is 6.92 Å². The SMILES string of the molecule is CCCCOc1ccc(NC(=O)c2oc3c(c2C)/C(=N/NC(=O)c2ccc4ccccc4n2)CCC3)cc1. The second kappa shape index (κ2) is 11.3. The quantitative estimate of drug-likeness (QED) is 0.222. The fourth-order valence-electron chi connectivity index (χ4n) is 4.52. The van der Waals surface area contributed by atoms with Gasteiger partial charge in [-0.15, -0.1) is 0 Å². The van der Waals surface area contributed by atoms with E-state index < -0.39 is 5.91 Å². The highest BCUT2D eigenvalue weighted by molar-refractivity contribution is 6.09. The molecular weight excluding hydrogens is 480 g/mol. The fourth-order valence-corrected chi connectivity index (χ4v) is 4.52. The predicted octanol–water partition coefficient (Wildman–Crippen LogP) is 6.04. The number of pyridine rings is 1. The first kappa shape index (κ1) is 25.2. The van der Waals surface area contributed by atoms with E-state index in [1.54, 1.807) is 18.2 Å². The Morgan fingerprint density at radius 3 is 2.66 bits per heavy atom. The Balaban J connectivity index is 1.29. The van der Waals surface area contributed by atoms with Crippen molar-refractivity contribution in [3.8, 4) is 5.75 Å². The van der Waals surface area contributed by atoms with Crippen molar-refractivity contribution in [1.29, 1.82) is 0 Å². The van der Waals surface area contributed by atoms with Crippen LogP contribution in [-0.2, 0) is 6.42 Å². The summed E-state index contributed by atoms with van der Waals surface area (Å²) in [6.07, 6.45) is 4.24. The summed E-state index contributed by atoms with van der Waals surface area (Å²) >= 11 is 0. The highest BCUT2D eigenvalue weighted by Crippen LogP contribution is 2.30. The van der Waals surface area contributed by atoms with Crippen LogP contribution in [0.4, 0.5) is 5.69 Å². The van der Waals surface area contributed by atoms with Crippen LogP contribution in [0.25, 0.3) is 10.9 Å². The number of fused-ring (bicyclic) bond motifs is 2. The molecule has 2 aromatic heterocycles. The number of hydrazone groups is 1. The zero-order chi connectivity index (χ0) is 26.5. The molecule has 0 saturated carbocycles. The molecule has 0 atom stereocenters. The van der Waals surface area contributed by atoms with E-state index in [2.05, 4.69) is 27.8 Å². The van der Waals surface area contributed by atoms with Gasteiger partial charge in [0.05, 0.1) is 17.8 Å². The van der Waals surface area contributed by atoms with Gasteiger partial charge in [-0.2, -0.15) is 5.10 Å². The molecule has 2 aromatic carbocycles. The second-order valence-corrected chi connectivity index (χ2v) is 9.28. The highest BCUT2D eigenvalue weighted by atomic mass is 16.5. The van der Waals surface area contributed by atoms with Crippen molar-refractivity contribution in [3.05, 3.63) is 89.0 Å². The first-order chi connectivity index (χ1) is 18.5. The van der Waals surface area contributed by atoms with Crippen LogP contribution >= 0.6 is 0 Å². The van der Waals surface area contributed by atoms with Crippen molar-refractivity contribution in [1.82, 2.24) is 10.4 Å². The lowest BCUT2D eigenvalue weighted by Crippen LogP contribution is -2.23. The number of rotatable bonds is 8. The number of hydrogen-bond acceptors (Lipinski definition) is 6. The van der Waals surface area contributed by atoms with Gasteiger partial charge in [0.1, 0.15) is 17.2 Å². The summed E-state index contributed by atoms with van der Waals surface area (Å²) < 4.78 is 11.7. The summed E-state index contributed by atoms with van der Waals surface area (Å²) in [5.41, 5.74) is 6.49. The number of nitrogens with one attached hydrogen (secondary N) is 2. The smallest absolute Gasteiger partial charge is 0.291 e. The number of nitrogens with zero attached hydrogens (tertiary/aromatic N) is 2. The summed E-state index contributed by atoms with van der Waals surface area (Å²) in [4.78, 5) is 30.3. The molecule has 0 unspecified atom stereocenters. The number of carbonyl (C=O) groups is 2. The molecule has 2 N–H and O–H groups in total. The number of benzene rings is 2. The number of unbranched alkanes of at least 4 members (excludes halogenated alkanes) is 1. The van der Waals surface area contributed by atoms with Crippen molar-refractivity contribution in [2.45, 2.75) is 46.0 Å². The molecule has 194 valence electrons. The number of aromatic nitrogens is 1. The first-order valence-electron chi connectivity index (χ1n) is 12.9. The van der Waals surface area contributed by atoms with Gasteiger partial charge in [-0.3, -0.25) is 9.59 Å². The maximum absolute atomic E-state index is 13.1. The van der Waals surface area contributed by atoms with E-state index in [-0.39, 0.29) is 17.4 Å². The molecule has 0 saturated heterocycles. The number of furan rings is 1. The largest absolute Gasteiger partial charge is 0.494 e. The maximum Gasteiger partial charge on any atom is 0.291 e. The van der Waals surface area contributed by atoms with Crippen molar-refractivity contribution >= 4 is 34.1 Å². The molecule has 38 heavy (non-hydrogen) atoms. The Labute approximate surface area is 221 Å². The zero-order valence-electron chi connectivity index (χ0n) is 21.5. The minimum absolute atomic E-state index is 0.246. The van der Waals surface area contributed by atoms with E-state index in [0.717, 1.165) is 41.5 Å². The zero-order valence-corrected chi connectivity index (χ0v) is 21.5. The maximum atomic E-state index is 13.1. The van der Waals surface area contributed by atoms with Gasteiger partial charge in [0.2, 0.25) is 0 Å². The topological polar surface area (TPSA) is 106 Å². The van der Waals surface area contributed by atoms with Crippen LogP contribution in [0.1, 0.15) is 70.5 Å². The van der Waals surface area contributed by atoms with Gasteiger partial charge in [0, 0.05) is 28.6 Å². The van der Waals surface area contributed by atoms with Gasteiger partial charge in [-0.25, -0.2) is 10.4 Å². The van der Waals surface area contributed by atoms with Crippen LogP contribution in [0.5, 0.6) is 5.75 Å². The van der Waals surface area contributed by atoms with Gasteiger partial charge in [0.25, 0.3) is 11.8 Å². The van der Waals surface area contributed by atoms with E-state index in [4.69, 9.17) is 9.15 Å². The second-order valence-electron chi connectivity index (χ2n) is 9.28. The number of amides is 2. The molecule has 0 bridgehead atoms. The third-order valence-electron chi connectivity index (χ3n) is 6.53. The molecule has 8 heteroatoms. The number of carbonyl (C=O) groups excluding carboxylic acids is 2. The minimum Gasteiger partial charge on any atom is -0.494 e. The van der Waals surface area contributed by atoms with Crippen LogP contribution in [0.3, 0.4) is 0 Å². The van der Waals surface area contributed by atoms with Crippen LogP contribution in [0.15, 0.2) is 70.2 Å². The average Bonchev–Trinajstić information content (AvgIpc) is 3.29. The summed E-state index contributed by atoms with van der Waals surface area (Å²) in [6, 6.07) is 18.4. The molecule has 5 rings (SSSR count). The molecule has 0 aliphatic heterocycles. The molecule has 1 aliphatic rings. The average molecular weight is 511 g/mol.